The molecule has 0 aliphatic rings. The van der Waals surface area contributed by atoms with Crippen LogP contribution in [-0.4, -0.2) is 36.1 Å². The first kappa shape index (κ1) is 14.5. The minimum atomic E-state index is -0.765. The van der Waals surface area contributed by atoms with E-state index < -0.39 is 11.4 Å². The third-order valence-corrected chi connectivity index (χ3v) is 2.98. The van der Waals surface area contributed by atoms with Crippen LogP contribution in [0, 0.1) is 5.41 Å². The van der Waals surface area contributed by atoms with Crippen LogP contribution in [0.5, 0.6) is 0 Å². The lowest BCUT2D eigenvalue weighted by atomic mass is 9.93. The largest absolute Gasteiger partial charge is 0.481 e. The quantitative estimate of drug-likeness (QED) is 0.756. The molecule has 0 bridgehead atoms. The first-order valence-electron chi connectivity index (χ1n) is 6.07. The Morgan fingerprint density at radius 2 is 2.11 bits per heavy atom. The van der Waals surface area contributed by atoms with E-state index in [9.17, 15) is 4.79 Å². The zero-order chi connectivity index (χ0) is 13.8. The highest BCUT2D eigenvalue weighted by molar-refractivity contribution is 5.73. The van der Waals surface area contributed by atoms with Gasteiger partial charge in [0.1, 0.15) is 0 Å². The van der Waals surface area contributed by atoms with Crippen LogP contribution in [0.25, 0.3) is 0 Å². The van der Waals surface area contributed by atoms with E-state index in [1.165, 1.54) is 5.56 Å². The summed E-state index contributed by atoms with van der Waals surface area (Å²) in [6.07, 6.45) is 0.872. The molecule has 18 heavy (non-hydrogen) atoms. The normalized spacial score (nSPS) is 11.8. The van der Waals surface area contributed by atoms with Gasteiger partial charge < -0.3 is 15.7 Å². The first-order chi connectivity index (χ1) is 8.31. The molecule has 1 aromatic rings. The molecule has 0 radical (unpaired) electrons. The molecule has 0 aliphatic carbocycles. The number of hydrogen-bond acceptors (Lipinski definition) is 3. The van der Waals surface area contributed by atoms with Crippen LogP contribution in [0.15, 0.2) is 24.3 Å². The van der Waals surface area contributed by atoms with Crippen LogP contribution < -0.4 is 5.73 Å². The standard InChI is InChI=1S/C14H22N2O2/c1-14(2,13(17)18)10-16(3)8-7-11-5-4-6-12(15)9-11/h4-6,9H,7-8,10,15H2,1-3H3,(H,17,18). The van der Waals surface area contributed by atoms with Gasteiger partial charge in [0.15, 0.2) is 0 Å². The van der Waals surface area contributed by atoms with Crippen molar-refractivity contribution in [3.63, 3.8) is 0 Å². The van der Waals surface area contributed by atoms with Gasteiger partial charge in [-0.3, -0.25) is 4.79 Å². The van der Waals surface area contributed by atoms with Gasteiger partial charge in [-0.15, -0.1) is 0 Å². The van der Waals surface area contributed by atoms with Crippen molar-refractivity contribution in [3.8, 4) is 0 Å². The highest BCUT2D eigenvalue weighted by Gasteiger charge is 2.28. The van der Waals surface area contributed by atoms with E-state index in [2.05, 4.69) is 0 Å². The number of hydrogen-bond donors (Lipinski definition) is 2. The molecule has 1 rings (SSSR count). The summed E-state index contributed by atoms with van der Waals surface area (Å²) in [5.41, 5.74) is 6.94. The van der Waals surface area contributed by atoms with Crippen molar-refractivity contribution >= 4 is 11.7 Å². The van der Waals surface area contributed by atoms with E-state index in [1.54, 1.807) is 13.8 Å². The third kappa shape index (κ3) is 4.37. The summed E-state index contributed by atoms with van der Waals surface area (Å²) in [6, 6.07) is 7.79. The highest BCUT2D eigenvalue weighted by Crippen LogP contribution is 2.16. The molecule has 0 saturated carbocycles. The van der Waals surface area contributed by atoms with E-state index in [-0.39, 0.29) is 0 Å². The summed E-state index contributed by atoms with van der Waals surface area (Å²) in [4.78, 5) is 13.1. The van der Waals surface area contributed by atoms with Crippen molar-refractivity contribution in [2.24, 2.45) is 5.41 Å². The van der Waals surface area contributed by atoms with Crippen LogP contribution in [0.2, 0.25) is 0 Å². The van der Waals surface area contributed by atoms with Gasteiger partial charge in [0.25, 0.3) is 0 Å². The molecule has 0 fully saturated rings. The number of carbonyl (C=O) groups is 1. The molecular weight excluding hydrogens is 228 g/mol. The molecule has 100 valence electrons. The van der Waals surface area contributed by atoms with E-state index in [1.807, 2.05) is 36.2 Å². The fourth-order valence-corrected chi connectivity index (χ4v) is 1.89. The molecule has 1 aromatic carbocycles. The Morgan fingerprint density at radius 1 is 1.44 bits per heavy atom. The fourth-order valence-electron chi connectivity index (χ4n) is 1.89. The number of nitrogen functional groups attached to an aromatic ring is 1. The second-order valence-corrected chi connectivity index (χ2v) is 5.42. The summed E-state index contributed by atoms with van der Waals surface area (Å²) < 4.78 is 0. The lowest BCUT2D eigenvalue weighted by Crippen LogP contribution is -2.38. The zero-order valence-electron chi connectivity index (χ0n) is 11.3. The molecule has 0 amide bonds. The Balaban J connectivity index is 2.47. The van der Waals surface area contributed by atoms with Crippen LogP contribution in [0.3, 0.4) is 0 Å². The van der Waals surface area contributed by atoms with Crippen molar-refractivity contribution < 1.29 is 9.90 Å². The maximum atomic E-state index is 11.0. The predicted molar refractivity (Wildman–Crippen MR) is 73.5 cm³/mol. The smallest absolute Gasteiger partial charge is 0.310 e. The van der Waals surface area contributed by atoms with Crippen molar-refractivity contribution in [1.29, 1.82) is 0 Å². The van der Waals surface area contributed by atoms with Gasteiger partial charge in [0, 0.05) is 18.8 Å². The number of likely N-dealkylation sites (N-methyl/N-ethyl adjacent to an activating group) is 1. The summed E-state index contributed by atoms with van der Waals surface area (Å²) in [5, 5.41) is 9.07. The number of nitrogens with two attached hydrogens (primary N) is 1. The van der Waals surface area contributed by atoms with Crippen molar-refractivity contribution in [2.45, 2.75) is 20.3 Å². The van der Waals surface area contributed by atoms with Gasteiger partial charge in [0.2, 0.25) is 0 Å². The molecule has 0 heterocycles. The minimum Gasteiger partial charge on any atom is -0.481 e. The lowest BCUT2D eigenvalue weighted by molar-refractivity contribution is -0.147. The number of nitrogens with zero attached hydrogens (tertiary/aromatic N) is 1. The summed E-state index contributed by atoms with van der Waals surface area (Å²) >= 11 is 0. The maximum absolute atomic E-state index is 11.0. The molecule has 0 aromatic heterocycles. The van der Waals surface area contributed by atoms with Gasteiger partial charge in [-0.25, -0.2) is 0 Å². The Kier molecular flexibility index (Phi) is 4.73. The molecule has 0 aliphatic heterocycles. The van der Waals surface area contributed by atoms with Crippen LogP contribution in [-0.2, 0) is 11.2 Å². The fraction of sp³-hybridized carbons (Fsp3) is 0.500. The third-order valence-electron chi connectivity index (χ3n) is 2.98. The Morgan fingerprint density at radius 3 is 2.67 bits per heavy atom. The van der Waals surface area contributed by atoms with E-state index in [0.29, 0.717) is 6.54 Å². The minimum absolute atomic E-state index is 0.532. The number of anilines is 1. The van der Waals surface area contributed by atoms with Gasteiger partial charge in [-0.05, 0) is 45.0 Å². The van der Waals surface area contributed by atoms with E-state index >= 15 is 0 Å². The Hall–Kier alpha value is -1.55. The van der Waals surface area contributed by atoms with E-state index in [0.717, 1.165) is 18.7 Å². The van der Waals surface area contributed by atoms with Crippen molar-refractivity contribution in [2.75, 3.05) is 25.9 Å². The van der Waals surface area contributed by atoms with Gasteiger partial charge in [0.05, 0.1) is 5.41 Å². The summed E-state index contributed by atoms with van der Waals surface area (Å²) in [6.45, 7) is 4.84. The van der Waals surface area contributed by atoms with E-state index in [4.69, 9.17) is 10.8 Å². The molecular formula is C14H22N2O2. The lowest BCUT2D eigenvalue weighted by Gasteiger charge is -2.26. The first-order valence-corrected chi connectivity index (χ1v) is 6.07. The number of benzene rings is 1. The van der Waals surface area contributed by atoms with Gasteiger partial charge in [-0.1, -0.05) is 12.1 Å². The number of aliphatic carboxylic acids is 1. The Labute approximate surface area is 108 Å². The zero-order valence-corrected chi connectivity index (χ0v) is 11.3. The molecule has 0 spiro atoms. The maximum Gasteiger partial charge on any atom is 0.310 e. The molecule has 0 saturated heterocycles. The van der Waals surface area contributed by atoms with Crippen LogP contribution >= 0.6 is 0 Å². The number of rotatable bonds is 6. The predicted octanol–water partition coefficient (Wildman–Crippen LogP) is 1.85. The second-order valence-electron chi connectivity index (χ2n) is 5.42. The van der Waals surface area contributed by atoms with Crippen LogP contribution in [0.1, 0.15) is 19.4 Å². The van der Waals surface area contributed by atoms with Gasteiger partial charge in [-0.2, -0.15) is 0 Å². The summed E-state index contributed by atoms with van der Waals surface area (Å²) in [5.74, 6) is -0.765. The average Bonchev–Trinajstić information content (AvgIpc) is 2.25. The Bertz CT molecular complexity index is 416. The van der Waals surface area contributed by atoms with Crippen molar-refractivity contribution in [1.82, 2.24) is 4.90 Å². The van der Waals surface area contributed by atoms with Gasteiger partial charge >= 0.3 is 5.97 Å². The second kappa shape index (κ2) is 5.87. The van der Waals surface area contributed by atoms with Crippen LogP contribution in [0.4, 0.5) is 5.69 Å². The molecule has 3 N–H and O–H groups in total. The number of carboxylic acids is 1. The molecule has 0 atom stereocenters. The van der Waals surface area contributed by atoms with Crippen molar-refractivity contribution in [3.05, 3.63) is 29.8 Å². The molecule has 4 heteroatoms. The molecule has 4 nitrogen and oxygen atoms in total. The number of carboxylic acid groups (broad SMARTS) is 1. The highest BCUT2D eigenvalue weighted by atomic mass is 16.4. The molecule has 0 unspecified atom stereocenters. The average molecular weight is 250 g/mol. The summed E-state index contributed by atoms with van der Waals surface area (Å²) in [7, 11) is 1.94. The monoisotopic (exact) mass is 250 g/mol. The SMILES string of the molecule is CN(CCc1cccc(N)c1)CC(C)(C)C(=O)O. The topological polar surface area (TPSA) is 66.6 Å².